The first-order valence-corrected chi connectivity index (χ1v) is 3.03. The second-order valence-corrected chi connectivity index (χ2v) is 2.15. The van der Waals surface area contributed by atoms with Crippen molar-refractivity contribution in [3.63, 3.8) is 0 Å². The fourth-order valence-electron chi connectivity index (χ4n) is 0.919. The molecule has 1 aliphatic rings. The van der Waals surface area contributed by atoms with Crippen LogP contribution in [0.15, 0.2) is 17.1 Å². The molecule has 3 nitrogen and oxygen atoms in total. The van der Waals surface area contributed by atoms with Gasteiger partial charge in [0, 0.05) is 0 Å². The monoisotopic (exact) mass is 125 g/mol. The van der Waals surface area contributed by atoms with Crippen molar-refractivity contribution in [2.24, 2.45) is 16.5 Å². The summed E-state index contributed by atoms with van der Waals surface area (Å²) in [5.74, 6) is 0.198. The molecule has 0 radical (unpaired) electrons. The Morgan fingerprint density at radius 2 is 1.89 bits per heavy atom. The van der Waals surface area contributed by atoms with Crippen molar-refractivity contribution in [3.05, 3.63) is 12.2 Å². The molecule has 0 saturated carbocycles. The zero-order chi connectivity index (χ0) is 6.69. The summed E-state index contributed by atoms with van der Waals surface area (Å²) in [6, 6.07) is 0.315. The number of hydrogen-bond donors (Lipinski definition) is 2. The van der Waals surface area contributed by atoms with Crippen molar-refractivity contribution in [3.8, 4) is 0 Å². The molecule has 0 aliphatic heterocycles. The third-order valence-electron chi connectivity index (χ3n) is 1.31. The zero-order valence-corrected chi connectivity index (χ0v) is 5.25. The third-order valence-corrected chi connectivity index (χ3v) is 1.31. The second-order valence-electron chi connectivity index (χ2n) is 2.15. The Balaban J connectivity index is 2.38. The predicted octanol–water partition coefficient (Wildman–Crippen LogP) is -0.0216. The van der Waals surface area contributed by atoms with Gasteiger partial charge in [-0.2, -0.15) is 0 Å². The summed E-state index contributed by atoms with van der Waals surface area (Å²) in [7, 11) is 0. The topological polar surface area (TPSA) is 64.4 Å². The Kier molecular flexibility index (Phi) is 1.72. The number of nitrogens with zero attached hydrogens (tertiary/aromatic N) is 1. The van der Waals surface area contributed by atoms with E-state index >= 15 is 0 Å². The lowest BCUT2D eigenvalue weighted by molar-refractivity contribution is 0.732. The molecule has 0 bridgehead atoms. The van der Waals surface area contributed by atoms with Gasteiger partial charge in [0.15, 0.2) is 5.96 Å². The average molecular weight is 125 g/mol. The van der Waals surface area contributed by atoms with Gasteiger partial charge < -0.3 is 11.5 Å². The fourth-order valence-corrected chi connectivity index (χ4v) is 0.919. The highest BCUT2D eigenvalue weighted by atomic mass is 15.0. The minimum Gasteiger partial charge on any atom is -0.370 e. The van der Waals surface area contributed by atoms with Gasteiger partial charge in [0.25, 0.3) is 0 Å². The molecule has 1 aliphatic carbocycles. The molecule has 0 heterocycles. The van der Waals surface area contributed by atoms with Gasteiger partial charge in [-0.3, -0.25) is 0 Å². The first kappa shape index (κ1) is 6.13. The summed E-state index contributed by atoms with van der Waals surface area (Å²) in [5, 5.41) is 0. The Labute approximate surface area is 54.4 Å². The molecule has 0 aromatic rings. The fraction of sp³-hybridized carbons (Fsp3) is 0.500. The Morgan fingerprint density at radius 1 is 1.33 bits per heavy atom. The number of nitrogens with two attached hydrogens (primary N) is 2. The molecule has 0 saturated heterocycles. The zero-order valence-electron chi connectivity index (χ0n) is 5.25. The van der Waals surface area contributed by atoms with Gasteiger partial charge in [-0.25, -0.2) is 4.99 Å². The molecule has 50 valence electrons. The first-order valence-electron chi connectivity index (χ1n) is 3.03. The molecule has 0 unspecified atom stereocenters. The molecule has 9 heavy (non-hydrogen) atoms. The lowest BCUT2D eigenvalue weighted by Crippen LogP contribution is -2.24. The van der Waals surface area contributed by atoms with Crippen LogP contribution in [0.25, 0.3) is 0 Å². The van der Waals surface area contributed by atoms with E-state index in [0.717, 1.165) is 12.8 Å². The van der Waals surface area contributed by atoms with Crippen LogP contribution in [0.5, 0.6) is 0 Å². The van der Waals surface area contributed by atoms with Crippen LogP contribution in [0.4, 0.5) is 0 Å². The van der Waals surface area contributed by atoms with E-state index in [4.69, 9.17) is 11.5 Å². The van der Waals surface area contributed by atoms with Crippen LogP contribution in [-0.4, -0.2) is 12.0 Å². The van der Waals surface area contributed by atoms with Gasteiger partial charge in [0.05, 0.1) is 6.04 Å². The summed E-state index contributed by atoms with van der Waals surface area (Å²) < 4.78 is 0. The van der Waals surface area contributed by atoms with E-state index in [1.165, 1.54) is 0 Å². The highest BCUT2D eigenvalue weighted by Gasteiger charge is 2.06. The first-order chi connectivity index (χ1) is 4.29. The Morgan fingerprint density at radius 3 is 2.33 bits per heavy atom. The van der Waals surface area contributed by atoms with E-state index < -0.39 is 0 Å². The Hall–Kier alpha value is -0.990. The van der Waals surface area contributed by atoms with Crippen molar-refractivity contribution in [2.75, 3.05) is 0 Å². The van der Waals surface area contributed by atoms with Crippen molar-refractivity contribution in [2.45, 2.75) is 18.9 Å². The molecule has 4 N–H and O–H groups in total. The molecule has 0 spiro atoms. The van der Waals surface area contributed by atoms with E-state index in [1.807, 2.05) is 0 Å². The summed E-state index contributed by atoms with van der Waals surface area (Å²) in [6.45, 7) is 0. The third kappa shape index (κ3) is 1.76. The maximum Gasteiger partial charge on any atom is 0.186 e. The van der Waals surface area contributed by atoms with Crippen molar-refractivity contribution >= 4 is 5.96 Å². The van der Waals surface area contributed by atoms with Crippen LogP contribution in [0, 0.1) is 0 Å². The van der Waals surface area contributed by atoms with E-state index in [1.54, 1.807) is 0 Å². The van der Waals surface area contributed by atoms with Gasteiger partial charge in [0.2, 0.25) is 0 Å². The quantitative estimate of drug-likeness (QED) is 0.294. The molecule has 0 aromatic carbocycles. The van der Waals surface area contributed by atoms with Crippen molar-refractivity contribution < 1.29 is 0 Å². The molecule has 1 rings (SSSR count). The van der Waals surface area contributed by atoms with Crippen LogP contribution in [-0.2, 0) is 0 Å². The average Bonchev–Trinajstić information content (AvgIpc) is 2.15. The molecule has 0 amide bonds. The molecule has 0 aromatic heterocycles. The van der Waals surface area contributed by atoms with Gasteiger partial charge in [-0.15, -0.1) is 0 Å². The van der Waals surface area contributed by atoms with Crippen molar-refractivity contribution in [1.29, 1.82) is 0 Å². The van der Waals surface area contributed by atoms with E-state index in [2.05, 4.69) is 17.1 Å². The smallest absolute Gasteiger partial charge is 0.186 e. The summed E-state index contributed by atoms with van der Waals surface area (Å²) in [4.78, 5) is 3.99. The highest BCUT2D eigenvalue weighted by Crippen LogP contribution is 2.12. The SMILES string of the molecule is NC(N)=NC1CC=CC1. The number of aliphatic imine (C=N–C) groups is 1. The standard InChI is InChI=1S/C6H11N3/c7-6(8)9-5-3-1-2-4-5/h1-2,5H,3-4H2,(H4,7,8,9). The van der Waals surface area contributed by atoms with E-state index in [-0.39, 0.29) is 5.96 Å². The summed E-state index contributed by atoms with van der Waals surface area (Å²) in [5.41, 5.74) is 10.3. The van der Waals surface area contributed by atoms with E-state index in [9.17, 15) is 0 Å². The lowest BCUT2D eigenvalue weighted by Gasteiger charge is -2.00. The maximum absolute atomic E-state index is 5.17. The predicted molar refractivity (Wildman–Crippen MR) is 38.0 cm³/mol. The molecule has 0 atom stereocenters. The number of guanidine groups is 1. The maximum atomic E-state index is 5.17. The lowest BCUT2D eigenvalue weighted by atomic mass is 10.2. The van der Waals surface area contributed by atoms with E-state index in [0.29, 0.717) is 6.04 Å². The van der Waals surface area contributed by atoms with Crippen LogP contribution in [0.1, 0.15) is 12.8 Å². The van der Waals surface area contributed by atoms with Gasteiger partial charge in [-0.05, 0) is 12.8 Å². The van der Waals surface area contributed by atoms with Gasteiger partial charge >= 0.3 is 0 Å². The van der Waals surface area contributed by atoms with Crippen LogP contribution >= 0.6 is 0 Å². The molecular formula is C6H11N3. The number of hydrogen-bond acceptors (Lipinski definition) is 1. The summed E-state index contributed by atoms with van der Waals surface area (Å²) >= 11 is 0. The Bertz CT molecular complexity index is 136. The molecule has 3 heteroatoms. The highest BCUT2D eigenvalue weighted by molar-refractivity contribution is 5.75. The van der Waals surface area contributed by atoms with Gasteiger partial charge in [0.1, 0.15) is 0 Å². The second kappa shape index (κ2) is 2.53. The van der Waals surface area contributed by atoms with Crippen molar-refractivity contribution in [1.82, 2.24) is 0 Å². The minimum atomic E-state index is 0.198. The minimum absolute atomic E-state index is 0.198. The molecule has 0 fully saturated rings. The largest absolute Gasteiger partial charge is 0.370 e. The number of rotatable bonds is 1. The normalized spacial score (nSPS) is 18.2. The van der Waals surface area contributed by atoms with Crippen LogP contribution < -0.4 is 11.5 Å². The summed E-state index contributed by atoms with van der Waals surface area (Å²) in [6.07, 6.45) is 6.16. The molecular weight excluding hydrogens is 114 g/mol. The van der Waals surface area contributed by atoms with Crippen LogP contribution in [0.2, 0.25) is 0 Å². The van der Waals surface area contributed by atoms with Crippen LogP contribution in [0.3, 0.4) is 0 Å². The van der Waals surface area contributed by atoms with Gasteiger partial charge in [-0.1, -0.05) is 12.2 Å².